The van der Waals surface area contributed by atoms with Gasteiger partial charge in [0.2, 0.25) is 11.8 Å². The molecule has 1 aromatic rings. The molecule has 1 aliphatic heterocycles. The minimum atomic E-state index is -0.715. The number of benzene rings is 1. The van der Waals surface area contributed by atoms with Crippen molar-refractivity contribution in [3.8, 4) is 0 Å². The van der Waals surface area contributed by atoms with Gasteiger partial charge >= 0.3 is 0 Å². The van der Waals surface area contributed by atoms with Crippen molar-refractivity contribution in [2.75, 3.05) is 19.8 Å². The van der Waals surface area contributed by atoms with Crippen LogP contribution in [-0.2, 0) is 25.7 Å². The van der Waals surface area contributed by atoms with Crippen LogP contribution in [0.3, 0.4) is 0 Å². The maximum Gasteiger partial charge on any atom is 0.248 e. The largest absolute Gasteiger partial charge is 0.381 e. The average Bonchev–Trinajstić information content (AvgIpc) is 2.59. The van der Waals surface area contributed by atoms with Crippen molar-refractivity contribution < 1.29 is 19.1 Å². The van der Waals surface area contributed by atoms with Crippen LogP contribution in [0.25, 0.3) is 0 Å². The lowest BCUT2D eigenvalue weighted by molar-refractivity contribution is -0.137. The number of amides is 2. The minimum absolute atomic E-state index is 0.226. The normalized spacial score (nSPS) is 18.1. The molecule has 0 aromatic heterocycles. The zero-order valence-electron chi connectivity index (χ0n) is 13.4. The summed E-state index contributed by atoms with van der Waals surface area (Å²) in [6.45, 7) is 3.25. The van der Waals surface area contributed by atoms with Crippen molar-refractivity contribution in [1.82, 2.24) is 5.32 Å². The van der Waals surface area contributed by atoms with Gasteiger partial charge in [-0.15, -0.1) is 0 Å². The van der Waals surface area contributed by atoms with Gasteiger partial charge in [0.25, 0.3) is 0 Å². The Balaban J connectivity index is 1.82. The van der Waals surface area contributed by atoms with Crippen molar-refractivity contribution in [2.45, 2.75) is 32.5 Å². The Labute approximate surface area is 136 Å². The molecule has 126 valence electrons. The van der Waals surface area contributed by atoms with Gasteiger partial charge in [-0.25, -0.2) is 0 Å². The first-order chi connectivity index (χ1) is 11.0. The summed E-state index contributed by atoms with van der Waals surface area (Å²) in [4.78, 5) is 23.9. The molecule has 0 spiro atoms. The number of hydrogen-bond donors (Lipinski definition) is 2. The molecule has 0 unspecified atom stereocenters. The molecule has 1 aromatic carbocycles. The van der Waals surface area contributed by atoms with Crippen LogP contribution in [-0.4, -0.2) is 37.7 Å². The Hall–Kier alpha value is -1.92. The van der Waals surface area contributed by atoms with Gasteiger partial charge in [0.05, 0.1) is 12.0 Å². The van der Waals surface area contributed by atoms with Gasteiger partial charge in [-0.1, -0.05) is 30.3 Å². The molecule has 0 radical (unpaired) electrons. The van der Waals surface area contributed by atoms with Crippen LogP contribution >= 0.6 is 0 Å². The van der Waals surface area contributed by atoms with Crippen molar-refractivity contribution in [3.05, 3.63) is 35.9 Å². The second kappa shape index (κ2) is 8.08. The Morgan fingerprint density at radius 2 is 1.96 bits per heavy atom. The molecule has 1 aliphatic rings. The van der Waals surface area contributed by atoms with Crippen LogP contribution in [0.2, 0.25) is 0 Å². The molecular weight excluding hydrogens is 296 g/mol. The Morgan fingerprint density at radius 1 is 1.30 bits per heavy atom. The average molecular weight is 320 g/mol. The summed E-state index contributed by atoms with van der Waals surface area (Å²) >= 11 is 0. The van der Waals surface area contributed by atoms with E-state index < -0.39 is 11.5 Å². The van der Waals surface area contributed by atoms with Gasteiger partial charge in [-0.05, 0) is 25.3 Å². The standard InChI is InChI=1S/C17H24N2O4/c1-13(23-11-14-5-3-2-4-6-14)15(20)19-12-17(16(18)21)7-9-22-10-8-17/h2-6,13H,7-12H2,1H3,(H2,18,21)(H,19,20)/t13-/m1/s1. The molecule has 6 heteroatoms. The molecule has 0 bridgehead atoms. The fourth-order valence-corrected chi connectivity index (χ4v) is 2.54. The molecule has 1 fully saturated rings. The molecule has 1 heterocycles. The van der Waals surface area contributed by atoms with Crippen LogP contribution in [0.5, 0.6) is 0 Å². The van der Waals surface area contributed by atoms with Gasteiger partial charge in [0.15, 0.2) is 0 Å². The number of carbonyl (C=O) groups is 2. The van der Waals surface area contributed by atoms with Crippen LogP contribution in [0, 0.1) is 5.41 Å². The Bertz CT molecular complexity index is 527. The highest BCUT2D eigenvalue weighted by molar-refractivity contribution is 5.84. The lowest BCUT2D eigenvalue weighted by Gasteiger charge is -2.34. The number of nitrogens with one attached hydrogen (secondary N) is 1. The highest BCUT2D eigenvalue weighted by Crippen LogP contribution is 2.29. The number of nitrogens with two attached hydrogens (primary N) is 1. The minimum Gasteiger partial charge on any atom is -0.381 e. The van der Waals surface area contributed by atoms with E-state index in [1.165, 1.54) is 0 Å². The smallest absolute Gasteiger partial charge is 0.248 e. The summed E-state index contributed by atoms with van der Waals surface area (Å²) < 4.78 is 10.8. The number of hydrogen-bond acceptors (Lipinski definition) is 4. The molecule has 23 heavy (non-hydrogen) atoms. The van der Waals surface area contributed by atoms with Gasteiger partial charge < -0.3 is 20.5 Å². The van der Waals surface area contributed by atoms with Crippen LogP contribution < -0.4 is 11.1 Å². The van der Waals surface area contributed by atoms with Crippen molar-refractivity contribution >= 4 is 11.8 Å². The number of ether oxygens (including phenoxy) is 2. The molecule has 6 nitrogen and oxygen atoms in total. The van der Waals surface area contributed by atoms with E-state index in [9.17, 15) is 9.59 Å². The van der Waals surface area contributed by atoms with E-state index in [1.54, 1.807) is 6.92 Å². The maximum absolute atomic E-state index is 12.2. The van der Waals surface area contributed by atoms with E-state index in [2.05, 4.69) is 5.32 Å². The number of primary amides is 1. The van der Waals surface area contributed by atoms with E-state index in [0.717, 1.165) is 5.56 Å². The second-order valence-electron chi connectivity index (χ2n) is 5.91. The first-order valence-corrected chi connectivity index (χ1v) is 7.84. The summed E-state index contributed by atoms with van der Waals surface area (Å²) in [5.74, 6) is -0.632. The lowest BCUT2D eigenvalue weighted by atomic mass is 9.79. The first-order valence-electron chi connectivity index (χ1n) is 7.84. The zero-order valence-corrected chi connectivity index (χ0v) is 13.4. The molecule has 2 amide bonds. The SMILES string of the molecule is C[C@@H](OCc1ccccc1)C(=O)NCC1(C(N)=O)CCOCC1. The van der Waals surface area contributed by atoms with Crippen LogP contribution in [0.4, 0.5) is 0 Å². The molecule has 1 saturated heterocycles. The summed E-state index contributed by atoms with van der Waals surface area (Å²) in [5.41, 5.74) is 5.81. The summed E-state index contributed by atoms with van der Waals surface area (Å²) in [6.07, 6.45) is 0.462. The van der Waals surface area contributed by atoms with Gasteiger partial charge in [0.1, 0.15) is 6.10 Å². The topological polar surface area (TPSA) is 90.6 Å². The van der Waals surface area contributed by atoms with Gasteiger partial charge in [0, 0.05) is 19.8 Å². The highest BCUT2D eigenvalue weighted by Gasteiger charge is 2.39. The molecular formula is C17H24N2O4. The van der Waals surface area contributed by atoms with Crippen LogP contribution in [0.1, 0.15) is 25.3 Å². The zero-order chi connectivity index (χ0) is 16.7. The number of rotatable bonds is 7. The quantitative estimate of drug-likeness (QED) is 0.784. The summed E-state index contributed by atoms with van der Waals surface area (Å²) in [7, 11) is 0. The van der Waals surface area contributed by atoms with Crippen molar-refractivity contribution in [1.29, 1.82) is 0 Å². The van der Waals surface area contributed by atoms with E-state index in [1.807, 2.05) is 30.3 Å². The third kappa shape index (κ3) is 4.77. The van der Waals surface area contributed by atoms with Gasteiger partial charge in [-0.3, -0.25) is 9.59 Å². The highest BCUT2D eigenvalue weighted by atomic mass is 16.5. The second-order valence-corrected chi connectivity index (χ2v) is 5.91. The fraction of sp³-hybridized carbons (Fsp3) is 0.529. The number of carbonyl (C=O) groups excluding carboxylic acids is 2. The first kappa shape index (κ1) is 17.4. The summed E-state index contributed by atoms with van der Waals surface area (Å²) in [5, 5.41) is 2.79. The van der Waals surface area contributed by atoms with E-state index in [0.29, 0.717) is 32.7 Å². The molecule has 0 aliphatic carbocycles. The van der Waals surface area contributed by atoms with E-state index >= 15 is 0 Å². The van der Waals surface area contributed by atoms with E-state index in [4.69, 9.17) is 15.2 Å². The van der Waals surface area contributed by atoms with Crippen molar-refractivity contribution in [3.63, 3.8) is 0 Å². The third-order valence-electron chi connectivity index (χ3n) is 4.29. The lowest BCUT2D eigenvalue weighted by Crippen LogP contribution is -2.51. The van der Waals surface area contributed by atoms with E-state index in [-0.39, 0.29) is 18.4 Å². The maximum atomic E-state index is 12.2. The Morgan fingerprint density at radius 3 is 2.57 bits per heavy atom. The van der Waals surface area contributed by atoms with Gasteiger partial charge in [-0.2, -0.15) is 0 Å². The van der Waals surface area contributed by atoms with Crippen molar-refractivity contribution in [2.24, 2.45) is 11.1 Å². The molecule has 2 rings (SSSR count). The third-order valence-corrected chi connectivity index (χ3v) is 4.29. The predicted molar refractivity (Wildman–Crippen MR) is 85.4 cm³/mol. The van der Waals surface area contributed by atoms with Crippen LogP contribution in [0.15, 0.2) is 30.3 Å². The molecule has 3 N–H and O–H groups in total. The monoisotopic (exact) mass is 320 g/mol. The fourth-order valence-electron chi connectivity index (χ4n) is 2.54. The summed E-state index contributed by atoms with van der Waals surface area (Å²) in [6, 6.07) is 9.65. The molecule has 1 atom stereocenters. The Kier molecular flexibility index (Phi) is 6.12. The molecule has 0 saturated carbocycles. The predicted octanol–water partition coefficient (Wildman–Crippen LogP) is 0.990.